The smallest absolute Gasteiger partial charge is 0.251 e. The van der Waals surface area contributed by atoms with Crippen LogP contribution in [-0.2, 0) is 22.6 Å². The third-order valence-corrected chi connectivity index (χ3v) is 12.2. The highest BCUT2D eigenvalue weighted by Crippen LogP contribution is 2.61. The van der Waals surface area contributed by atoms with E-state index < -0.39 is 30.0 Å². The summed E-state index contributed by atoms with van der Waals surface area (Å²) in [5, 5.41) is 18.9. The summed E-state index contributed by atoms with van der Waals surface area (Å²) in [6.45, 7) is 11.1. The molecule has 7 rings (SSSR count). The summed E-state index contributed by atoms with van der Waals surface area (Å²) >= 11 is 0. The maximum absolute atomic E-state index is 15.5. The van der Waals surface area contributed by atoms with E-state index in [0.29, 0.717) is 58.7 Å². The van der Waals surface area contributed by atoms with Crippen LogP contribution in [0.4, 0.5) is 4.39 Å². The molecule has 2 amide bonds. The van der Waals surface area contributed by atoms with Crippen LogP contribution in [-0.4, -0.2) is 90.0 Å². The zero-order valence-electron chi connectivity index (χ0n) is 32.3. The fourth-order valence-electron chi connectivity index (χ4n) is 9.36. The van der Waals surface area contributed by atoms with Crippen molar-refractivity contribution >= 4 is 11.8 Å². The molecule has 10 nitrogen and oxygen atoms in total. The number of hydroxylamine groups is 2. The number of rotatable bonds is 13. The van der Waals surface area contributed by atoms with Crippen molar-refractivity contribution in [1.82, 2.24) is 25.6 Å². The van der Waals surface area contributed by atoms with Gasteiger partial charge in [0.05, 0.1) is 25.9 Å². The maximum Gasteiger partial charge on any atom is 0.251 e. The van der Waals surface area contributed by atoms with Crippen molar-refractivity contribution in [2.45, 2.75) is 90.8 Å². The van der Waals surface area contributed by atoms with E-state index in [2.05, 4.69) is 36.4 Å². The summed E-state index contributed by atoms with van der Waals surface area (Å²) < 4.78 is 21.5. The number of hydrogen-bond acceptors (Lipinski definition) is 8. The van der Waals surface area contributed by atoms with E-state index in [-0.39, 0.29) is 35.9 Å². The molecular weight excluding hydrogens is 673 g/mol. The zero-order chi connectivity index (χ0) is 38.2. The Labute approximate surface area is 313 Å². The molecule has 2 heterocycles. The number of hydrogen-bond donors (Lipinski definition) is 3. The number of halogens is 1. The minimum atomic E-state index is -0.818. The standard InChI is InChI=1S/C42H56FN5O5/c1-24-35-18-30(42(35,4)5)19-36(24)46-41(51)38-37(25(2)49)26(3)53-48(38)22-29-17-31(43)20-34(39(29)52-8)27-12-11-13-28(16-27)40(50)45-33(23-47(6)7)21-32-14-9-10-15-44-32/h9-17,20,24-26,30,33,35-38,49H,18-19,21-23H2,1-8H3,(H,45,50)(H,46,51)/t24-,25-,26-,30+,33-,35-,36-,37+,38-/m0/s1. The van der Waals surface area contributed by atoms with Crippen LogP contribution in [0.25, 0.3) is 11.1 Å². The lowest BCUT2D eigenvalue weighted by atomic mass is 9.45. The molecule has 2 aromatic carbocycles. The average molecular weight is 730 g/mol. The Morgan fingerprint density at radius 2 is 1.91 bits per heavy atom. The van der Waals surface area contributed by atoms with Gasteiger partial charge in [-0.25, -0.2) is 4.39 Å². The number of nitrogens with one attached hydrogen (secondary N) is 2. The molecule has 0 unspecified atom stereocenters. The number of methoxy groups -OCH3 is 1. The number of nitrogens with zero attached hydrogens (tertiary/aromatic N) is 3. The van der Waals surface area contributed by atoms with E-state index >= 15 is 4.39 Å². The second-order valence-electron chi connectivity index (χ2n) is 16.4. The first kappa shape index (κ1) is 38.8. The molecule has 3 aromatic rings. The second kappa shape index (κ2) is 15.8. The van der Waals surface area contributed by atoms with Crippen LogP contribution in [0.15, 0.2) is 60.8 Å². The van der Waals surface area contributed by atoms with Gasteiger partial charge in [-0.3, -0.25) is 19.4 Å². The minimum Gasteiger partial charge on any atom is -0.496 e. The highest BCUT2D eigenvalue weighted by atomic mass is 19.1. The van der Waals surface area contributed by atoms with Gasteiger partial charge in [-0.15, -0.1) is 0 Å². The summed E-state index contributed by atoms with van der Waals surface area (Å²) in [7, 11) is 5.44. The van der Waals surface area contributed by atoms with Gasteiger partial charge in [-0.05, 0) is 106 Å². The van der Waals surface area contributed by atoms with Gasteiger partial charge in [-0.1, -0.05) is 39.0 Å². The third kappa shape index (κ3) is 8.13. The minimum absolute atomic E-state index is 0.0397. The van der Waals surface area contributed by atoms with Crippen molar-refractivity contribution < 1.29 is 28.7 Å². The maximum atomic E-state index is 15.5. The number of pyridine rings is 1. The quantitative estimate of drug-likeness (QED) is 0.212. The van der Waals surface area contributed by atoms with Gasteiger partial charge in [-0.2, -0.15) is 5.06 Å². The fraction of sp³-hybridized carbons (Fsp3) is 0.548. The van der Waals surface area contributed by atoms with Crippen LogP contribution < -0.4 is 15.4 Å². The lowest BCUT2D eigenvalue weighted by Gasteiger charge is -2.62. The molecule has 4 fully saturated rings. The van der Waals surface area contributed by atoms with Crippen LogP contribution in [0.1, 0.15) is 69.1 Å². The molecule has 11 heteroatoms. The Morgan fingerprint density at radius 3 is 2.55 bits per heavy atom. The number of ether oxygens (including phenoxy) is 1. The van der Waals surface area contributed by atoms with Gasteiger partial charge in [0.15, 0.2) is 0 Å². The summed E-state index contributed by atoms with van der Waals surface area (Å²) in [6, 6.07) is 14.6. The first-order valence-electron chi connectivity index (χ1n) is 18.9. The molecule has 9 atom stereocenters. The van der Waals surface area contributed by atoms with Gasteiger partial charge < -0.3 is 25.4 Å². The number of aliphatic hydroxyl groups is 1. The molecule has 286 valence electrons. The van der Waals surface area contributed by atoms with Crippen molar-refractivity contribution in [3.8, 4) is 16.9 Å². The Hall–Kier alpha value is -3.90. The molecule has 3 N–H and O–H groups in total. The summed E-state index contributed by atoms with van der Waals surface area (Å²) in [6.07, 6.45) is 3.16. The van der Waals surface area contributed by atoms with Crippen molar-refractivity contribution in [3.63, 3.8) is 0 Å². The number of aromatic nitrogens is 1. The number of likely N-dealkylation sites (N-methyl/N-ethyl adjacent to an activating group) is 1. The lowest BCUT2D eigenvalue weighted by molar-refractivity contribution is -0.174. The first-order valence-corrected chi connectivity index (χ1v) is 18.9. The topological polar surface area (TPSA) is 116 Å². The van der Waals surface area contributed by atoms with Crippen molar-refractivity contribution in [3.05, 3.63) is 83.4 Å². The predicted octanol–water partition coefficient (Wildman–Crippen LogP) is 5.49. The first-order chi connectivity index (χ1) is 25.2. The van der Waals surface area contributed by atoms with E-state index in [1.54, 1.807) is 36.4 Å². The van der Waals surface area contributed by atoms with Crippen LogP contribution in [0.5, 0.6) is 5.75 Å². The number of carbonyl (C=O) groups excluding carboxylic acids is 2. The molecule has 4 aliphatic rings. The van der Waals surface area contributed by atoms with Crippen molar-refractivity contribution in [2.75, 3.05) is 27.7 Å². The van der Waals surface area contributed by atoms with E-state index in [1.165, 1.54) is 25.7 Å². The van der Waals surface area contributed by atoms with E-state index in [9.17, 15) is 14.7 Å². The average Bonchev–Trinajstić information content (AvgIpc) is 3.44. The Kier molecular flexibility index (Phi) is 11.6. The van der Waals surface area contributed by atoms with Crippen LogP contribution >= 0.6 is 0 Å². The highest BCUT2D eigenvalue weighted by molar-refractivity contribution is 5.96. The van der Waals surface area contributed by atoms with Gasteiger partial charge in [0.2, 0.25) is 5.91 Å². The van der Waals surface area contributed by atoms with E-state index in [4.69, 9.17) is 9.57 Å². The summed E-state index contributed by atoms with van der Waals surface area (Å²) in [5.41, 5.74) is 3.13. The molecule has 1 aliphatic heterocycles. The molecule has 1 saturated heterocycles. The second-order valence-corrected chi connectivity index (χ2v) is 16.4. The van der Waals surface area contributed by atoms with E-state index in [1.807, 2.05) is 50.2 Å². The van der Waals surface area contributed by atoms with E-state index in [0.717, 1.165) is 12.1 Å². The lowest BCUT2D eigenvalue weighted by Crippen LogP contribution is -2.62. The zero-order valence-corrected chi connectivity index (χ0v) is 32.3. The molecule has 53 heavy (non-hydrogen) atoms. The van der Waals surface area contributed by atoms with Gasteiger partial charge >= 0.3 is 0 Å². The van der Waals surface area contributed by atoms with Crippen LogP contribution in [0, 0.1) is 34.9 Å². The number of fused-ring (bicyclic) bond motifs is 2. The van der Waals surface area contributed by atoms with Crippen LogP contribution in [0.3, 0.4) is 0 Å². The normalized spacial score (nSPS) is 27.5. The van der Waals surface area contributed by atoms with Gasteiger partial charge in [0, 0.05) is 59.5 Å². The Balaban J connectivity index is 1.24. The molecule has 3 saturated carbocycles. The number of aliphatic hydroxyl groups excluding tert-OH is 1. The molecule has 2 bridgehead atoms. The number of carbonyl (C=O) groups is 2. The summed E-state index contributed by atoms with van der Waals surface area (Å²) in [5.74, 6) is 0.427. The van der Waals surface area contributed by atoms with Crippen LogP contribution in [0.2, 0.25) is 0 Å². The SMILES string of the molecule is COc1c(CN2O[C@@H](C)[C@@H]([C@H](C)O)[C@H]2C(=O)N[C@H]2C[C@H]3C[C@@H]([C@@H]2C)C3(C)C)cc(F)cc1-c1cccc(C(=O)N[C@@H](Cc2ccccn2)CN(C)C)c1. The molecule has 0 radical (unpaired) electrons. The summed E-state index contributed by atoms with van der Waals surface area (Å²) in [4.78, 5) is 40.5. The monoisotopic (exact) mass is 729 g/mol. The Bertz CT molecular complexity index is 1770. The molecular formula is C42H56FN5O5. The Morgan fingerprint density at radius 1 is 1.13 bits per heavy atom. The molecule has 0 spiro atoms. The molecule has 1 aromatic heterocycles. The highest BCUT2D eigenvalue weighted by Gasteiger charge is 2.57. The van der Waals surface area contributed by atoms with Crippen molar-refractivity contribution in [1.29, 1.82) is 0 Å². The van der Waals surface area contributed by atoms with Crippen molar-refractivity contribution in [2.24, 2.45) is 29.1 Å². The van der Waals surface area contributed by atoms with Gasteiger partial charge in [0.25, 0.3) is 5.91 Å². The fourth-order valence-corrected chi connectivity index (χ4v) is 9.36. The predicted molar refractivity (Wildman–Crippen MR) is 202 cm³/mol. The number of benzene rings is 2. The third-order valence-electron chi connectivity index (χ3n) is 12.2. The molecule has 3 aliphatic carbocycles. The number of amides is 2. The van der Waals surface area contributed by atoms with Gasteiger partial charge in [0.1, 0.15) is 17.6 Å². The largest absolute Gasteiger partial charge is 0.496 e.